The lowest BCUT2D eigenvalue weighted by Crippen LogP contribution is -2.15. The quantitative estimate of drug-likeness (QED) is 0.797. The largest absolute Gasteiger partial charge is 0.435 e. The number of nitrogens with zero attached hydrogens (tertiary/aromatic N) is 3. The minimum atomic E-state index is -0.314. The van der Waals surface area contributed by atoms with E-state index < -0.39 is 0 Å². The van der Waals surface area contributed by atoms with Crippen LogP contribution in [0.25, 0.3) is 11.3 Å². The summed E-state index contributed by atoms with van der Waals surface area (Å²) in [4.78, 5) is 16.8. The molecular formula is C18H20N4O2. The SMILES string of the molecule is CCc1nc(C)c(C(=O)Nc2c(C)c(-c3ccccc3)nn2C)o1. The number of anilines is 1. The Morgan fingerprint density at radius 3 is 2.58 bits per heavy atom. The van der Waals surface area contributed by atoms with Gasteiger partial charge in [0.2, 0.25) is 5.76 Å². The molecule has 0 aliphatic rings. The fourth-order valence-electron chi connectivity index (χ4n) is 2.65. The van der Waals surface area contributed by atoms with Crippen LogP contribution in [0.2, 0.25) is 0 Å². The molecule has 1 amide bonds. The third-order valence-corrected chi connectivity index (χ3v) is 3.91. The number of carbonyl (C=O) groups excluding carboxylic acids is 1. The molecule has 0 aliphatic heterocycles. The average molecular weight is 324 g/mol. The molecule has 0 atom stereocenters. The summed E-state index contributed by atoms with van der Waals surface area (Å²) in [7, 11) is 1.81. The van der Waals surface area contributed by atoms with Gasteiger partial charge >= 0.3 is 0 Å². The molecule has 6 heteroatoms. The van der Waals surface area contributed by atoms with Gasteiger partial charge in [0.1, 0.15) is 5.82 Å². The van der Waals surface area contributed by atoms with Crippen LogP contribution in [0.15, 0.2) is 34.7 Å². The van der Waals surface area contributed by atoms with Crippen LogP contribution in [0.1, 0.15) is 34.6 Å². The number of nitrogens with one attached hydrogen (secondary N) is 1. The second-order valence-corrected chi connectivity index (χ2v) is 5.64. The van der Waals surface area contributed by atoms with Crippen LogP contribution in [0.5, 0.6) is 0 Å². The zero-order valence-electron chi connectivity index (χ0n) is 14.3. The molecule has 3 rings (SSSR count). The fraction of sp³-hybridized carbons (Fsp3) is 0.278. The highest BCUT2D eigenvalue weighted by Crippen LogP contribution is 2.27. The Hall–Kier alpha value is -2.89. The van der Waals surface area contributed by atoms with E-state index >= 15 is 0 Å². The predicted molar refractivity (Wildman–Crippen MR) is 92.0 cm³/mol. The number of amides is 1. The van der Waals surface area contributed by atoms with Crippen LogP contribution in [-0.2, 0) is 13.5 Å². The van der Waals surface area contributed by atoms with Crippen molar-refractivity contribution in [2.45, 2.75) is 27.2 Å². The average Bonchev–Trinajstić information content (AvgIpc) is 3.10. The Bertz CT molecular complexity index is 878. The number of carbonyl (C=O) groups is 1. The van der Waals surface area contributed by atoms with E-state index in [4.69, 9.17) is 4.42 Å². The molecule has 0 aliphatic carbocycles. The van der Waals surface area contributed by atoms with Crippen molar-refractivity contribution in [3.8, 4) is 11.3 Å². The van der Waals surface area contributed by atoms with Gasteiger partial charge in [-0.3, -0.25) is 9.48 Å². The fourth-order valence-corrected chi connectivity index (χ4v) is 2.65. The Balaban J connectivity index is 1.92. The maximum Gasteiger partial charge on any atom is 0.294 e. The molecule has 0 unspecified atom stereocenters. The Morgan fingerprint density at radius 2 is 1.96 bits per heavy atom. The molecule has 1 N–H and O–H groups in total. The summed E-state index contributed by atoms with van der Waals surface area (Å²) in [5.41, 5.74) is 3.35. The third kappa shape index (κ3) is 2.82. The number of aromatic nitrogens is 3. The van der Waals surface area contributed by atoms with E-state index in [2.05, 4.69) is 15.4 Å². The number of benzene rings is 1. The number of oxazole rings is 1. The molecule has 0 radical (unpaired) electrons. The lowest BCUT2D eigenvalue weighted by Gasteiger charge is -2.05. The summed E-state index contributed by atoms with van der Waals surface area (Å²) >= 11 is 0. The number of hydrogen-bond donors (Lipinski definition) is 1. The molecule has 6 nitrogen and oxygen atoms in total. The van der Waals surface area contributed by atoms with Crippen LogP contribution >= 0.6 is 0 Å². The van der Waals surface area contributed by atoms with Gasteiger partial charge in [0.05, 0.1) is 11.4 Å². The summed E-state index contributed by atoms with van der Waals surface area (Å²) in [6.45, 7) is 5.64. The van der Waals surface area contributed by atoms with Gasteiger partial charge in [0, 0.05) is 24.6 Å². The summed E-state index contributed by atoms with van der Waals surface area (Å²) in [5, 5.41) is 7.42. The topological polar surface area (TPSA) is 73.0 Å². The van der Waals surface area contributed by atoms with Crippen molar-refractivity contribution in [3.63, 3.8) is 0 Å². The summed E-state index contributed by atoms with van der Waals surface area (Å²) in [6, 6.07) is 9.88. The van der Waals surface area contributed by atoms with Gasteiger partial charge in [0.25, 0.3) is 5.91 Å². The zero-order chi connectivity index (χ0) is 17.3. The molecule has 124 valence electrons. The monoisotopic (exact) mass is 324 g/mol. The maximum absolute atomic E-state index is 12.5. The lowest BCUT2D eigenvalue weighted by atomic mass is 10.1. The van der Waals surface area contributed by atoms with E-state index in [0.29, 0.717) is 23.8 Å². The smallest absolute Gasteiger partial charge is 0.294 e. The van der Waals surface area contributed by atoms with Crippen molar-refractivity contribution < 1.29 is 9.21 Å². The van der Waals surface area contributed by atoms with Gasteiger partial charge in [-0.25, -0.2) is 4.98 Å². The molecular weight excluding hydrogens is 304 g/mol. The summed E-state index contributed by atoms with van der Waals surface area (Å²) < 4.78 is 7.18. The van der Waals surface area contributed by atoms with E-state index in [9.17, 15) is 4.79 Å². The first-order valence-electron chi connectivity index (χ1n) is 7.88. The number of hydrogen-bond acceptors (Lipinski definition) is 4. The van der Waals surface area contributed by atoms with Crippen molar-refractivity contribution >= 4 is 11.7 Å². The first-order chi connectivity index (χ1) is 11.5. The highest BCUT2D eigenvalue weighted by atomic mass is 16.4. The van der Waals surface area contributed by atoms with Crippen LogP contribution in [0.3, 0.4) is 0 Å². The zero-order valence-corrected chi connectivity index (χ0v) is 14.3. The van der Waals surface area contributed by atoms with Crippen molar-refractivity contribution in [1.82, 2.24) is 14.8 Å². The van der Waals surface area contributed by atoms with Crippen molar-refractivity contribution in [2.75, 3.05) is 5.32 Å². The Kier molecular flexibility index (Phi) is 4.20. The van der Waals surface area contributed by atoms with Crippen molar-refractivity contribution in [1.29, 1.82) is 0 Å². The van der Waals surface area contributed by atoms with Crippen LogP contribution in [0, 0.1) is 13.8 Å². The van der Waals surface area contributed by atoms with Gasteiger partial charge in [0.15, 0.2) is 5.89 Å². The molecule has 24 heavy (non-hydrogen) atoms. The van der Waals surface area contributed by atoms with E-state index in [-0.39, 0.29) is 11.7 Å². The molecule has 0 saturated heterocycles. The van der Waals surface area contributed by atoms with Crippen LogP contribution in [-0.4, -0.2) is 20.7 Å². The van der Waals surface area contributed by atoms with Gasteiger partial charge in [-0.15, -0.1) is 0 Å². The minimum Gasteiger partial charge on any atom is -0.435 e. The highest BCUT2D eigenvalue weighted by Gasteiger charge is 2.21. The molecule has 3 aromatic rings. The van der Waals surface area contributed by atoms with Crippen LogP contribution < -0.4 is 5.32 Å². The van der Waals surface area contributed by atoms with Crippen molar-refractivity contribution in [2.24, 2.45) is 7.05 Å². The molecule has 2 aromatic heterocycles. The summed E-state index contributed by atoms with van der Waals surface area (Å²) in [6.07, 6.45) is 0.650. The summed E-state index contributed by atoms with van der Waals surface area (Å²) in [5.74, 6) is 1.14. The van der Waals surface area contributed by atoms with Gasteiger partial charge in [-0.2, -0.15) is 5.10 Å². The Labute approximate surface area is 140 Å². The van der Waals surface area contributed by atoms with Gasteiger partial charge < -0.3 is 9.73 Å². The molecule has 0 spiro atoms. The van der Waals surface area contributed by atoms with Gasteiger partial charge in [-0.1, -0.05) is 37.3 Å². The Morgan fingerprint density at radius 1 is 1.25 bits per heavy atom. The van der Waals surface area contributed by atoms with Crippen molar-refractivity contribution in [3.05, 3.63) is 53.2 Å². The van der Waals surface area contributed by atoms with E-state index in [1.165, 1.54) is 0 Å². The standard InChI is InChI=1S/C18H20N4O2/c1-5-14-19-12(3)16(24-14)18(23)20-17-11(2)15(21-22(17)4)13-9-7-6-8-10-13/h6-10H,5H2,1-4H3,(H,20,23). The molecule has 1 aromatic carbocycles. The van der Waals surface area contributed by atoms with Crippen LogP contribution in [0.4, 0.5) is 5.82 Å². The predicted octanol–water partition coefficient (Wildman–Crippen LogP) is 3.51. The maximum atomic E-state index is 12.5. The third-order valence-electron chi connectivity index (χ3n) is 3.91. The lowest BCUT2D eigenvalue weighted by molar-refractivity contribution is 0.0993. The first kappa shape index (κ1) is 16.0. The van der Waals surface area contributed by atoms with E-state index in [1.54, 1.807) is 18.7 Å². The second kappa shape index (κ2) is 6.31. The number of rotatable bonds is 4. The molecule has 0 saturated carbocycles. The number of aryl methyl sites for hydroxylation is 3. The molecule has 2 heterocycles. The molecule has 0 fully saturated rings. The van der Waals surface area contributed by atoms with Gasteiger partial charge in [-0.05, 0) is 13.8 Å². The molecule has 0 bridgehead atoms. The first-order valence-corrected chi connectivity index (χ1v) is 7.88. The highest BCUT2D eigenvalue weighted by molar-refractivity contribution is 6.03. The minimum absolute atomic E-state index is 0.244. The van der Waals surface area contributed by atoms with E-state index in [1.807, 2.05) is 44.2 Å². The normalized spacial score (nSPS) is 10.8. The van der Waals surface area contributed by atoms with E-state index in [0.717, 1.165) is 16.8 Å². The second-order valence-electron chi connectivity index (χ2n) is 5.64.